The number of ether oxygens (including phenoxy) is 1. The summed E-state index contributed by atoms with van der Waals surface area (Å²) < 4.78 is 6.55. The highest BCUT2D eigenvalue weighted by Crippen LogP contribution is 2.34. The molecular weight excluding hydrogens is 318 g/mol. The molecule has 0 aliphatic carbocycles. The molecular formula is C17H14ClNO2S. The van der Waals surface area contributed by atoms with Crippen LogP contribution in [0.2, 0.25) is 5.02 Å². The summed E-state index contributed by atoms with van der Waals surface area (Å²) in [5.41, 5.74) is 0. The standard InChI is InChI=1S/C17H14ClNO2S/c18-15-13-8-4-5-9-14(13)22-16(15)17(20)19-10-11-21-12-6-2-1-3-7-12/h1-9H,10-11H2,(H,19,20). The molecule has 0 atom stereocenters. The number of fused-ring (bicyclic) bond motifs is 1. The van der Waals surface area contributed by atoms with Gasteiger partial charge in [-0.15, -0.1) is 11.3 Å². The van der Waals surface area contributed by atoms with Crippen molar-refractivity contribution < 1.29 is 9.53 Å². The highest BCUT2D eigenvalue weighted by molar-refractivity contribution is 7.21. The Morgan fingerprint density at radius 1 is 1.09 bits per heavy atom. The molecule has 0 aliphatic heterocycles. The smallest absolute Gasteiger partial charge is 0.263 e. The van der Waals surface area contributed by atoms with Gasteiger partial charge in [-0.3, -0.25) is 4.79 Å². The van der Waals surface area contributed by atoms with Crippen LogP contribution in [0.15, 0.2) is 54.6 Å². The van der Waals surface area contributed by atoms with Crippen LogP contribution in [0.3, 0.4) is 0 Å². The first-order valence-electron chi connectivity index (χ1n) is 6.89. The molecule has 3 aromatic rings. The number of thiophene rings is 1. The zero-order chi connectivity index (χ0) is 15.4. The number of hydrogen-bond donors (Lipinski definition) is 1. The van der Waals surface area contributed by atoms with E-state index in [4.69, 9.17) is 16.3 Å². The van der Waals surface area contributed by atoms with E-state index in [-0.39, 0.29) is 5.91 Å². The second kappa shape index (κ2) is 6.81. The molecule has 5 heteroatoms. The fraction of sp³-hybridized carbons (Fsp3) is 0.118. The summed E-state index contributed by atoms with van der Waals surface area (Å²) in [6, 6.07) is 17.2. The van der Waals surface area contributed by atoms with Crippen molar-refractivity contribution in [1.29, 1.82) is 0 Å². The average molecular weight is 332 g/mol. The molecule has 0 bridgehead atoms. The monoisotopic (exact) mass is 331 g/mol. The number of amides is 1. The summed E-state index contributed by atoms with van der Waals surface area (Å²) in [7, 11) is 0. The molecule has 0 saturated heterocycles. The van der Waals surface area contributed by atoms with Crippen LogP contribution in [-0.2, 0) is 0 Å². The lowest BCUT2D eigenvalue weighted by Gasteiger charge is -2.07. The van der Waals surface area contributed by atoms with Crippen LogP contribution >= 0.6 is 22.9 Å². The molecule has 0 unspecified atom stereocenters. The maximum atomic E-state index is 12.2. The van der Waals surface area contributed by atoms with E-state index < -0.39 is 0 Å². The van der Waals surface area contributed by atoms with E-state index in [1.165, 1.54) is 11.3 Å². The largest absolute Gasteiger partial charge is 0.492 e. The number of carbonyl (C=O) groups excluding carboxylic acids is 1. The fourth-order valence-electron chi connectivity index (χ4n) is 2.09. The number of benzene rings is 2. The molecule has 22 heavy (non-hydrogen) atoms. The molecule has 112 valence electrons. The molecule has 1 heterocycles. The van der Waals surface area contributed by atoms with Crippen molar-refractivity contribution >= 4 is 38.9 Å². The Hall–Kier alpha value is -2.04. The normalized spacial score (nSPS) is 10.6. The summed E-state index contributed by atoms with van der Waals surface area (Å²) in [6.07, 6.45) is 0. The minimum Gasteiger partial charge on any atom is -0.492 e. The van der Waals surface area contributed by atoms with Crippen LogP contribution in [0.1, 0.15) is 9.67 Å². The van der Waals surface area contributed by atoms with Gasteiger partial charge in [0.1, 0.15) is 17.2 Å². The number of halogens is 1. The summed E-state index contributed by atoms with van der Waals surface area (Å²) in [5, 5.41) is 4.27. The Kier molecular flexibility index (Phi) is 4.61. The van der Waals surface area contributed by atoms with E-state index in [1.54, 1.807) is 0 Å². The van der Waals surface area contributed by atoms with Gasteiger partial charge in [0.05, 0.1) is 11.6 Å². The van der Waals surface area contributed by atoms with E-state index in [1.807, 2.05) is 54.6 Å². The molecule has 3 nitrogen and oxygen atoms in total. The molecule has 0 spiro atoms. The molecule has 3 rings (SSSR count). The van der Waals surface area contributed by atoms with Gasteiger partial charge in [-0.2, -0.15) is 0 Å². The van der Waals surface area contributed by atoms with Crippen LogP contribution in [0, 0.1) is 0 Å². The highest BCUT2D eigenvalue weighted by atomic mass is 35.5. The van der Waals surface area contributed by atoms with Crippen molar-refractivity contribution in [2.24, 2.45) is 0 Å². The van der Waals surface area contributed by atoms with E-state index >= 15 is 0 Å². The fourth-order valence-corrected chi connectivity index (χ4v) is 3.52. The third kappa shape index (κ3) is 3.24. The van der Waals surface area contributed by atoms with Gasteiger partial charge in [-0.1, -0.05) is 48.0 Å². The van der Waals surface area contributed by atoms with Crippen LogP contribution in [0.5, 0.6) is 5.75 Å². The van der Waals surface area contributed by atoms with Gasteiger partial charge in [0.25, 0.3) is 5.91 Å². The summed E-state index contributed by atoms with van der Waals surface area (Å²) in [4.78, 5) is 12.7. The van der Waals surface area contributed by atoms with E-state index in [9.17, 15) is 4.79 Å². The predicted octanol–water partition coefficient (Wildman–Crippen LogP) is 4.36. The van der Waals surface area contributed by atoms with Gasteiger partial charge in [0.2, 0.25) is 0 Å². The van der Waals surface area contributed by atoms with Gasteiger partial charge in [-0.05, 0) is 18.2 Å². The minimum atomic E-state index is -0.164. The summed E-state index contributed by atoms with van der Waals surface area (Å²) in [5.74, 6) is 0.625. The lowest BCUT2D eigenvalue weighted by molar-refractivity contribution is 0.0951. The third-order valence-electron chi connectivity index (χ3n) is 3.14. The third-order valence-corrected chi connectivity index (χ3v) is 4.81. The molecule has 1 amide bonds. The zero-order valence-corrected chi connectivity index (χ0v) is 13.3. The molecule has 1 aromatic heterocycles. The predicted molar refractivity (Wildman–Crippen MR) is 91.1 cm³/mol. The first kappa shape index (κ1) is 14.9. The Balaban J connectivity index is 1.58. The number of rotatable bonds is 5. The van der Waals surface area contributed by atoms with Crippen molar-refractivity contribution in [3.8, 4) is 5.75 Å². The highest BCUT2D eigenvalue weighted by Gasteiger charge is 2.16. The van der Waals surface area contributed by atoms with Gasteiger partial charge in [-0.25, -0.2) is 0 Å². The SMILES string of the molecule is O=C(NCCOc1ccccc1)c1sc2ccccc2c1Cl. The van der Waals surface area contributed by atoms with Crippen molar-refractivity contribution in [1.82, 2.24) is 5.32 Å². The maximum absolute atomic E-state index is 12.2. The first-order chi connectivity index (χ1) is 10.8. The lowest BCUT2D eigenvalue weighted by Crippen LogP contribution is -2.27. The number of nitrogens with one attached hydrogen (secondary N) is 1. The lowest BCUT2D eigenvalue weighted by atomic mass is 10.2. The van der Waals surface area contributed by atoms with E-state index in [2.05, 4.69) is 5.32 Å². The van der Waals surface area contributed by atoms with Crippen molar-refractivity contribution in [2.75, 3.05) is 13.2 Å². The molecule has 2 aromatic carbocycles. The van der Waals surface area contributed by atoms with Gasteiger partial charge in [0, 0.05) is 10.1 Å². The molecule has 0 saturated carbocycles. The van der Waals surface area contributed by atoms with E-state index in [0.29, 0.717) is 23.1 Å². The van der Waals surface area contributed by atoms with Crippen molar-refractivity contribution in [2.45, 2.75) is 0 Å². The van der Waals surface area contributed by atoms with E-state index in [0.717, 1.165) is 15.8 Å². The van der Waals surface area contributed by atoms with Crippen LogP contribution < -0.4 is 10.1 Å². The molecule has 0 aliphatic rings. The molecule has 0 radical (unpaired) electrons. The van der Waals surface area contributed by atoms with Crippen molar-refractivity contribution in [3.63, 3.8) is 0 Å². The first-order valence-corrected chi connectivity index (χ1v) is 8.08. The number of carbonyl (C=O) groups is 1. The number of hydrogen-bond acceptors (Lipinski definition) is 3. The zero-order valence-electron chi connectivity index (χ0n) is 11.7. The summed E-state index contributed by atoms with van der Waals surface area (Å²) in [6.45, 7) is 0.844. The second-order valence-electron chi connectivity index (χ2n) is 4.66. The Labute approximate surface area is 137 Å². The quantitative estimate of drug-likeness (QED) is 0.705. The van der Waals surface area contributed by atoms with Gasteiger partial charge < -0.3 is 10.1 Å². The minimum absolute atomic E-state index is 0.164. The molecule has 1 N–H and O–H groups in total. The Morgan fingerprint density at radius 3 is 2.59 bits per heavy atom. The van der Waals surface area contributed by atoms with Crippen LogP contribution in [0.4, 0.5) is 0 Å². The van der Waals surface area contributed by atoms with Gasteiger partial charge >= 0.3 is 0 Å². The Morgan fingerprint density at radius 2 is 1.82 bits per heavy atom. The maximum Gasteiger partial charge on any atom is 0.263 e. The molecule has 0 fully saturated rings. The average Bonchev–Trinajstić information content (AvgIpc) is 2.90. The Bertz CT molecular complexity index is 786. The number of para-hydroxylation sites is 1. The second-order valence-corrected chi connectivity index (χ2v) is 6.09. The van der Waals surface area contributed by atoms with Crippen LogP contribution in [-0.4, -0.2) is 19.1 Å². The summed E-state index contributed by atoms with van der Waals surface area (Å²) >= 11 is 7.68. The van der Waals surface area contributed by atoms with Gasteiger partial charge in [0.15, 0.2) is 0 Å². The topological polar surface area (TPSA) is 38.3 Å². The van der Waals surface area contributed by atoms with Crippen LogP contribution in [0.25, 0.3) is 10.1 Å². The van der Waals surface area contributed by atoms with Crippen molar-refractivity contribution in [3.05, 3.63) is 64.5 Å².